The molecule has 1 N–H and O–H groups in total. The van der Waals surface area contributed by atoms with Crippen molar-refractivity contribution in [2.75, 3.05) is 32.7 Å². The number of para-hydroxylation sites is 1. The molecule has 1 aliphatic rings. The van der Waals surface area contributed by atoms with Gasteiger partial charge in [0.25, 0.3) is 5.91 Å². The Morgan fingerprint density at radius 3 is 2.62 bits per heavy atom. The average Bonchev–Trinajstić information content (AvgIpc) is 2.55. The number of carbonyl (C=O) groups is 1. The minimum atomic E-state index is -0.188. The predicted octanol–water partition coefficient (Wildman–Crippen LogP) is 1.31. The van der Waals surface area contributed by atoms with Gasteiger partial charge in [0, 0.05) is 43.3 Å². The Labute approximate surface area is 123 Å². The van der Waals surface area contributed by atoms with Gasteiger partial charge >= 0.3 is 0 Å². The number of pyridine rings is 1. The first-order chi connectivity index (χ1) is 10.2. The molecule has 0 atom stereocenters. The molecule has 0 aliphatic carbocycles. The van der Waals surface area contributed by atoms with Crippen molar-refractivity contribution in [3.63, 3.8) is 0 Å². The van der Waals surface area contributed by atoms with E-state index in [9.17, 15) is 9.59 Å². The zero-order valence-corrected chi connectivity index (χ0v) is 12.1. The maximum atomic E-state index is 12.5. The van der Waals surface area contributed by atoms with E-state index >= 15 is 0 Å². The summed E-state index contributed by atoms with van der Waals surface area (Å²) in [7, 11) is 0. The molecule has 0 bridgehead atoms. The van der Waals surface area contributed by atoms with Crippen LogP contribution >= 0.6 is 0 Å². The number of aromatic amines is 1. The number of aromatic nitrogens is 1. The van der Waals surface area contributed by atoms with Crippen LogP contribution in [0.4, 0.5) is 0 Å². The minimum absolute atomic E-state index is 0.169. The molecule has 1 saturated heterocycles. The smallest absolute Gasteiger partial charge is 0.259 e. The van der Waals surface area contributed by atoms with Crippen LogP contribution in [-0.4, -0.2) is 53.4 Å². The van der Waals surface area contributed by atoms with Crippen LogP contribution in [0.2, 0.25) is 0 Å². The Kier molecular flexibility index (Phi) is 3.75. The molecule has 0 radical (unpaired) electrons. The minimum Gasteiger partial charge on any atom is -0.360 e. The molecule has 0 unspecified atom stereocenters. The molecule has 1 fully saturated rings. The standard InChI is InChI=1S/C16H19N3O2/c1-2-18-7-9-19(10-8-18)16(21)13-11-17-14-6-4-3-5-12(14)15(13)20/h3-6,11H,2,7-10H2,1H3,(H,17,20). The topological polar surface area (TPSA) is 56.4 Å². The van der Waals surface area contributed by atoms with Crippen LogP contribution in [0, 0.1) is 0 Å². The molecule has 1 aromatic heterocycles. The van der Waals surface area contributed by atoms with Gasteiger partial charge in [-0.3, -0.25) is 9.59 Å². The maximum Gasteiger partial charge on any atom is 0.259 e. The fourth-order valence-corrected chi connectivity index (χ4v) is 2.76. The number of benzene rings is 1. The normalized spacial score (nSPS) is 16.3. The monoisotopic (exact) mass is 285 g/mol. The number of rotatable bonds is 2. The number of H-pyrrole nitrogens is 1. The molecule has 1 amide bonds. The lowest BCUT2D eigenvalue weighted by molar-refractivity contribution is 0.0642. The second-order valence-corrected chi connectivity index (χ2v) is 5.30. The van der Waals surface area contributed by atoms with Crippen LogP contribution in [0.15, 0.2) is 35.3 Å². The number of fused-ring (bicyclic) bond motifs is 1. The Bertz CT molecular complexity index is 715. The van der Waals surface area contributed by atoms with E-state index in [2.05, 4.69) is 16.8 Å². The summed E-state index contributed by atoms with van der Waals surface area (Å²) in [4.78, 5) is 32.1. The van der Waals surface area contributed by atoms with Crippen molar-refractivity contribution in [3.8, 4) is 0 Å². The van der Waals surface area contributed by atoms with Gasteiger partial charge in [0.2, 0.25) is 5.43 Å². The number of hydrogen-bond donors (Lipinski definition) is 1. The maximum absolute atomic E-state index is 12.5. The van der Waals surface area contributed by atoms with E-state index in [1.54, 1.807) is 17.2 Å². The zero-order valence-electron chi connectivity index (χ0n) is 12.1. The van der Waals surface area contributed by atoms with Gasteiger partial charge < -0.3 is 14.8 Å². The van der Waals surface area contributed by atoms with Crippen LogP contribution in [0.5, 0.6) is 0 Å². The molecule has 2 heterocycles. The third-order valence-electron chi connectivity index (χ3n) is 4.13. The van der Waals surface area contributed by atoms with Crippen LogP contribution in [0.3, 0.4) is 0 Å². The van der Waals surface area contributed by atoms with E-state index in [4.69, 9.17) is 0 Å². The largest absolute Gasteiger partial charge is 0.360 e. The molecule has 5 nitrogen and oxygen atoms in total. The lowest BCUT2D eigenvalue weighted by Crippen LogP contribution is -2.49. The predicted molar refractivity (Wildman–Crippen MR) is 82.6 cm³/mol. The van der Waals surface area contributed by atoms with Crippen molar-refractivity contribution >= 4 is 16.8 Å². The van der Waals surface area contributed by atoms with E-state index in [1.807, 2.05) is 18.2 Å². The first-order valence-corrected chi connectivity index (χ1v) is 7.32. The summed E-state index contributed by atoms with van der Waals surface area (Å²) in [6, 6.07) is 7.26. The van der Waals surface area contributed by atoms with Crippen molar-refractivity contribution in [2.45, 2.75) is 6.92 Å². The molecule has 1 aromatic carbocycles. The van der Waals surface area contributed by atoms with E-state index in [-0.39, 0.29) is 16.9 Å². The third-order valence-corrected chi connectivity index (χ3v) is 4.13. The summed E-state index contributed by atoms with van der Waals surface area (Å²) in [5, 5.41) is 0.565. The summed E-state index contributed by atoms with van der Waals surface area (Å²) in [6.07, 6.45) is 1.54. The average molecular weight is 285 g/mol. The summed E-state index contributed by atoms with van der Waals surface area (Å²) in [6.45, 7) is 6.21. The molecule has 110 valence electrons. The van der Waals surface area contributed by atoms with E-state index in [0.717, 1.165) is 25.2 Å². The molecular formula is C16H19N3O2. The first kappa shape index (κ1) is 13.8. The van der Waals surface area contributed by atoms with Gasteiger partial charge in [0.15, 0.2) is 0 Å². The second-order valence-electron chi connectivity index (χ2n) is 5.30. The highest BCUT2D eigenvalue weighted by atomic mass is 16.2. The fourth-order valence-electron chi connectivity index (χ4n) is 2.76. The Balaban J connectivity index is 1.89. The third kappa shape index (κ3) is 2.56. The van der Waals surface area contributed by atoms with Gasteiger partial charge in [-0.2, -0.15) is 0 Å². The first-order valence-electron chi connectivity index (χ1n) is 7.32. The number of amides is 1. The van der Waals surface area contributed by atoms with Crippen LogP contribution < -0.4 is 5.43 Å². The molecule has 5 heteroatoms. The molecule has 21 heavy (non-hydrogen) atoms. The van der Waals surface area contributed by atoms with Crippen molar-refractivity contribution in [3.05, 3.63) is 46.2 Å². The van der Waals surface area contributed by atoms with E-state index in [0.29, 0.717) is 18.5 Å². The van der Waals surface area contributed by atoms with Crippen molar-refractivity contribution in [2.24, 2.45) is 0 Å². The molecule has 0 spiro atoms. The van der Waals surface area contributed by atoms with Gasteiger partial charge in [-0.05, 0) is 18.7 Å². The van der Waals surface area contributed by atoms with Crippen molar-refractivity contribution in [1.82, 2.24) is 14.8 Å². The van der Waals surface area contributed by atoms with Gasteiger partial charge in [-0.25, -0.2) is 0 Å². The SMILES string of the molecule is CCN1CCN(C(=O)c2c[nH]c3ccccc3c2=O)CC1. The number of nitrogens with zero attached hydrogens (tertiary/aromatic N) is 2. The Morgan fingerprint density at radius 2 is 1.90 bits per heavy atom. The number of piperazine rings is 1. The van der Waals surface area contributed by atoms with Gasteiger partial charge in [-0.1, -0.05) is 19.1 Å². The van der Waals surface area contributed by atoms with Gasteiger partial charge in [0.1, 0.15) is 5.56 Å². The van der Waals surface area contributed by atoms with Crippen molar-refractivity contribution < 1.29 is 4.79 Å². The number of nitrogens with one attached hydrogen (secondary N) is 1. The molecule has 0 saturated carbocycles. The quantitative estimate of drug-likeness (QED) is 0.905. The molecule has 1 aliphatic heterocycles. The van der Waals surface area contributed by atoms with Crippen molar-refractivity contribution in [1.29, 1.82) is 0 Å². The lowest BCUT2D eigenvalue weighted by atomic mass is 10.1. The van der Waals surface area contributed by atoms with Crippen LogP contribution in [-0.2, 0) is 0 Å². The Morgan fingerprint density at radius 1 is 1.19 bits per heavy atom. The highest BCUT2D eigenvalue weighted by molar-refractivity contribution is 5.97. The summed E-state index contributed by atoms with van der Waals surface area (Å²) >= 11 is 0. The summed E-state index contributed by atoms with van der Waals surface area (Å²) in [5.74, 6) is -0.169. The summed E-state index contributed by atoms with van der Waals surface area (Å²) < 4.78 is 0. The van der Waals surface area contributed by atoms with Gasteiger partial charge in [-0.15, -0.1) is 0 Å². The molecule has 2 aromatic rings. The lowest BCUT2D eigenvalue weighted by Gasteiger charge is -2.33. The Hall–Kier alpha value is -2.14. The van der Waals surface area contributed by atoms with Crippen LogP contribution in [0.25, 0.3) is 10.9 Å². The second kappa shape index (κ2) is 5.69. The van der Waals surface area contributed by atoms with Gasteiger partial charge in [0.05, 0.1) is 0 Å². The molecule has 3 rings (SSSR count). The molecular weight excluding hydrogens is 266 g/mol. The summed E-state index contributed by atoms with van der Waals surface area (Å²) in [5.41, 5.74) is 0.806. The highest BCUT2D eigenvalue weighted by Gasteiger charge is 2.23. The zero-order chi connectivity index (χ0) is 14.8. The number of hydrogen-bond acceptors (Lipinski definition) is 3. The number of likely N-dealkylation sites (N-methyl/N-ethyl adjacent to an activating group) is 1. The van der Waals surface area contributed by atoms with Crippen LogP contribution in [0.1, 0.15) is 17.3 Å². The highest BCUT2D eigenvalue weighted by Crippen LogP contribution is 2.10. The fraction of sp³-hybridized carbons (Fsp3) is 0.375. The van der Waals surface area contributed by atoms with E-state index in [1.165, 1.54) is 0 Å². The number of carbonyl (C=O) groups excluding carboxylic acids is 1. The van der Waals surface area contributed by atoms with E-state index < -0.39 is 0 Å².